The molecule has 0 saturated carbocycles. The fourth-order valence-corrected chi connectivity index (χ4v) is 3.64. The van der Waals surface area contributed by atoms with E-state index in [4.69, 9.17) is 5.73 Å². The molecule has 0 bridgehead atoms. The van der Waals surface area contributed by atoms with Crippen LogP contribution < -0.4 is 5.73 Å². The second kappa shape index (κ2) is 14.9. The molecule has 0 spiro atoms. The number of nitrogens with two attached hydrogens (primary N) is 1. The lowest BCUT2D eigenvalue weighted by Crippen LogP contribution is -2.15. The monoisotopic (exact) mass is 297 g/mol. The summed E-state index contributed by atoms with van der Waals surface area (Å²) < 4.78 is 0. The van der Waals surface area contributed by atoms with E-state index >= 15 is 0 Å². The first-order valence-corrected chi connectivity index (χ1v) is 9.91. The Morgan fingerprint density at radius 1 is 0.619 bits per heavy atom. The lowest BCUT2D eigenvalue weighted by atomic mass is 9.80. The van der Waals surface area contributed by atoms with Crippen LogP contribution in [0.4, 0.5) is 0 Å². The van der Waals surface area contributed by atoms with Crippen molar-refractivity contribution in [3.05, 3.63) is 0 Å². The van der Waals surface area contributed by atoms with E-state index in [0.29, 0.717) is 0 Å². The van der Waals surface area contributed by atoms with E-state index in [1.807, 2.05) is 0 Å². The van der Waals surface area contributed by atoms with Crippen LogP contribution in [0.1, 0.15) is 105 Å². The fraction of sp³-hybridized carbons (Fsp3) is 1.00. The minimum Gasteiger partial charge on any atom is -0.330 e. The summed E-state index contributed by atoms with van der Waals surface area (Å²) in [7, 11) is 0. The van der Waals surface area contributed by atoms with Crippen LogP contribution in [0, 0.1) is 17.8 Å². The average molecular weight is 298 g/mol. The van der Waals surface area contributed by atoms with Gasteiger partial charge in [-0.2, -0.15) is 0 Å². The van der Waals surface area contributed by atoms with Crippen molar-refractivity contribution in [2.24, 2.45) is 23.5 Å². The van der Waals surface area contributed by atoms with E-state index in [2.05, 4.69) is 27.7 Å². The highest BCUT2D eigenvalue weighted by molar-refractivity contribution is 4.71. The molecule has 2 unspecified atom stereocenters. The molecule has 0 amide bonds. The van der Waals surface area contributed by atoms with E-state index in [1.54, 1.807) is 0 Å². The van der Waals surface area contributed by atoms with Gasteiger partial charge in [-0.25, -0.2) is 0 Å². The van der Waals surface area contributed by atoms with Crippen LogP contribution in [0.25, 0.3) is 0 Å². The van der Waals surface area contributed by atoms with E-state index in [-0.39, 0.29) is 0 Å². The molecule has 1 nitrogen and oxygen atoms in total. The maximum absolute atomic E-state index is 5.76. The molecule has 0 rings (SSSR count). The van der Waals surface area contributed by atoms with Crippen LogP contribution in [0.2, 0.25) is 0 Å². The smallest absolute Gasteiger partial charge is 0.00772 e. The maximum atomic E-state index is 5.76. The molecule has 21 heavy (non-hydrogen) atoms. The summed E-state index contributed by atoms with van der Waals surface area (Å²) in [6.07, 6.45) is 16.6. The van der Waals surface area contributed by atoms with Crippen LogP contribution >= 0.6 is 0 Å². The first kappa shape index (κ1) is 21.0. The van der Waals surface area contributed by atoms with Crippen LogP contribution in [-0.2, 0) is 0 Å². The molecule has 0 saturated heterocycles. The van der Waals surface area contributed by atoms with E-state index in [0.717, 1.165) is 24.3 Å². The van der Waals surface area contributed by atoms with E-state index < -0.39 is 0 Å². The summed E-state index contributed by atoms with van der Waals surface area (Å²) in [5.41, 5.74) is 5.76. The minimum atomic E-state index is 0.869. The Labute approximate surface area is 135 Å². The third-order valence-electron chi connectivity index (χ3n) is 5.24. The molecule has 0 aliphatic rings. The molecule has 2 N–H and O–H groups in total. The van der Waals surface area contributed by atoms with E-state index in [1.165, 1.54) is 77.0 Å². The van der Waals surface area contributed by atoms with Gasteiger partial charge < -0.3 is 5.73 Å². The normalized spacial score (nSPS) is 15.9. The van der Waals surface area contributed by atoms with Crippen LogP contribution in [0.15, 0.2) is 0 Å². The quantitative estimate of drug-likeness (QED) is 0.364. The van der Waals surface area contributed by atoms with Gasteiger partial charge >= 0.3 is 0 Å². The molecule has 0 aromatic heterocycles. The zero-order valence-electron chi connectivity index (χ0n) is 15.5. The van der Waals surface area contributed by atoms with Crippen molar-refractivity contribution in [3.8, 4) is 0 Å². The Morgan fingerprint density at radius 3 is 1.38 bits per heavy atom. The molecular formula is C20H43N. The Bertz CT molecular complexity index is 184. The SMILES string of the molecule is CCCCC(CC)CC(CCCN)CC(CC)CCCC. The average Bonchev–Trinajstić information content (AvgIpc) is 2.52. The summed E-state index contributed by atoms with van der Waals surface area (Å²) in [6.45, 7) is 10.3. The van der Waals surface area contributed by atoms with Gasteiger partial charge in [0.15, 0.2) is 0 Å². The highest BCUT2D eigenvalue weighted by Gasteiger charge is 2.18. The predicted octanol–water partition coefficient (Wildman–Crippen LogP) is 6.55. The molecule has 128 valence electrons. The molecule has 0 aromatic rings. The summed E-state index contributed by atoms with van der Waals surface area (Å²) in [5, 5.41) is 0. The van der Waals surface area contributed by atoms with Crippen molar-refractivity contribution in [2.75, 3.05) is 6.54 Å². The molecule has 1 heteroatoms. The van der Waals surface area contributed by atoms with E-state index in [9.17, 15) is 0 Å². The van der Waals surface area contributed by atoms with Gasteiger partial charge in [-0.05, 0) is 50.0 Å². The third kappa shape index (κ3) is 11.2. The Kier molecular flexibility index (Phi) is 14.9. The fourth-order valence-electron chi connectivity index (χ4n) is 3.64. The number of hydrogen-bond donors (Lipinski definition) is 1. The van der Waals surface area contributed by atoms with Gasteiger partial charge in [0, 0.05) is 0 Å². The second-order valence-electron chi connectivity index (χ2n) is 7.10. The molecule has 0 heterocycles. The zero-order valence-corrected chi connectivity index (χ0v) is 15.5. The van der Waals surface area contributed by atoms with Crippen molar-refractivity contribution < 1.29 is 0 Å². The molecule has 2 atom stereocenters. The van der Waals surface area contributed by atoms with Crippen LogP contribution in [0.5, 0.6) is 0 Å². The first-order valence-electron chi connectivity index (χ1n) is 9.91. The number of unbranched alkanes of at least 4 members (excludes halogenated alkanes) is 2. The van der Waals surface area contributed by atoms with Crippen LogP contribution in [0.3, 0.4) is 0 Å². The number of rotatable bonds is 15. The highest BCUT2D eigenvalue weighted by Crippen LogP contribution is 2.31. The Balaban J connectivity index is 4.38. The first-order chi connectivity index (χ1) is 10.2. The third-order valence-corrected chi connectivity index (χ3v) is 5.24. The van der Waals surface area contributed by atoms with Gasteiger partial charge in [0.2, 0.25) is 0 Å². The largest absolute Gasteiger partial charge is 0.330 e. The van der Waals surface area contributed by atoms with Crippen LogP contribution in [-0.4, -0.2) is 6.54 Å². The summed E-state index contributed by atoms with van der Waals surface area (Å²) >= 11 is 0. The maximum Gasteiger partial charge on any atom is -0.00772 e. The van der Waals surface area contributed by atoms with Crippen molar-refractivity contribution in [2.45, 2.75) is 105 Å². The highest BCUT2D eigenvalue weighted by atomic mass is 14.5. The predicted molar refractivity (Wildman–Crippen MR) is 97.6 cm³/mol. The summed E-state index contributed by atoms with van der Waals surface area (Å²) in [5.74, 6) is 2.84. The Hall–Kier alpha value is -0.0400. The van der Waals surface area contributed by atoms with Crippen molar-refractivity contribution in [1.29, 1.82) is 0 Å². The molecule has 0 aromatic carbocycles. The Morgan fingerprint density at radius 2 is 1.05 bits per heavy atom. The van der Waals surface area contributed by atoms with Gasteiger partial charge in [-0.15, -0.1) is 0 Å². The molecular weight excluding hydrogens is 254 g/mol. The zero-order chi connectivity index (χ0) is 15.9. The molecule has 0 radical (unpaired) electrons. The van der Waals surface area contributed by atoms with Crippen molar-refractivity contribution >= 4 is 0 Å². The van der Waals surface area contributed by atoms with Crippen molar-refractivity contribution in [1.82, 2.24) is 0 Å². The van der Waals surface area contributed by atoms with Crippen molar-refractivity contribution in [3.63, 3.8) is 0 Å². The van der Waals surface area contributed by atoms with Gasteiger partial charge in [-0.3, -0.25) is 0 Å². The van der Waals surface area contributed by atoms with Gasteiger partial charge in [0.25, 0.3) is 0 Å². The lowest BCUT2D eigenvalue weighted by Gasteiger charge is -2.26. The van der Waals surface area contributed by atoms with Gasteiger partial charge in [0.05, 0.1) is 0 Å². The topological polar surface area (TPSA) is 26.0 Å². The summed E-state index contributed by atoms with van der Waals surface area (Å²) in [4.78, 5) is 0. The minimum absolute atomic E-state index is 0.869. The molecule has 0 aliphatic carbocycles. The molecule has 0 aliphatic heterocycles. The second-order valence-corrected chi connectivity index (χ2v) is 7.10. The van der Waals surface area contributed by atoms with Gasteiger partial charge in [-0.1, -0.05) is 79.1 Å². The standard InChI is InChI=1S/C20H43N/c1-5-9-12-18(7-3)16-20(14-11-15-21)17-19(8-4)13-10-6-2/h18-20H,5-17,21H2,1-4H3. The summed E-state index contributed by atoms with van der Waals surface area (Å²) in [6, 6.07) is 0. The molecule has 0 fully saturated rings. The van der Waals surface area contributed by atoms with Gasteiger partial charge in [0.1, 0.15) is 0 Å². The number of hydrogen-bond acceptors (Lipinski definition) is 1. The lowest BCUT2D eigenvalue weighted by molar-refractivity contribution is 0.257.